The van der Waals surface area contributed by atoms with Crippen LogP contribution in [-0.4, -0.2) is 16.0 Å². The summed E-state index contributed by atoms with van der Waals surface area (Å²) in [7, 11) is 0. The summed E-state index contributed by atoms with van der Waals surface area (Å²) in [4.78, 5) is 8.71. The quantitative estimate of drug-likeness (QED) is 0.820. The molecule has 1 saturated carbocycles. The fraction of sp³-hybridized carbons (Fsp3) is 0.556. The van der Waals surface area contributed by atoms with Crippen molar-refractivity contribution in [1.82, 2.24) is 9.97 Å². The minimum absolute atomic E-state index is 0.612. The zero-order valence-corrected chi connectivity index (χ0v) is 12.9. The fourth-order valence-corrected chi connectivity index (χ4v) is 3.51. The predicted octanol–water partition coefficient (Wildman–Crippen LogP) is 4.79. The maximum absolute atomic E-state index is 4.39. The molecule has 3 nitrogen and oxygen atoms in total. The first-order chi connectivity index (χ1) is 10.3. The molecule has 2 atom stereocenters. The van der Waals surface area contributed by atoms with Gasteiger partial charge in [-0.1, -0.05) is 32.6 Å². The standard InChI is InChI=1S/C18H25N3/c1-2-4-14-5-3-6-15(8-7-14)21-16-9-10-17-18(13-16)20-12-11-19-17/h9-15,21H,2-8H2,1H3. The summed E-state index contributed by atoms with van der Waals surface area (Å²) >= 11 is 0. The summed E-state index contributed by atoms with van der Waals surface area (Å²) in [6.07, 6.45) is 13.0. The third-order valence-electron chi connectivity index (χ3n) is 4.63. The van der Waals surface area contributed by atoms with Gasteiger partial charge in [-0.05, 0) is 43.4 Å². The molecule has 3 heteroatoms. The first-order valence-corrected chi connectivity index (χ1v) is 8.32. The molecule has 3 rings (SSSR count). The summed E-state index contributed by atoms with van der Waals surface area (Å²) < 4.78 is 0. The molecule has 1 aliphatic rings. The monoisotopic (exact) mass is 283 g/mol. The van der Waals surface area contributed by atoms with Crippen molar-refractivity contribution in [2.45, 2.75) is 57.9 Å². The molecular formula is C18H25N3. The molecule has 0 aliphatic heterocycles. The van der Waals surface area contributed by atoms with Gasteiger partial charge in [-0.15, -0.1) is 0 Å². The molecule has 1 aromatic heterocycles. The number of nitrogens with zero attached hydrogens (tertiary/aromatic N) is 2. The van der Waals surface area contributed by atoms with Gasteiger partial charge in [0.05, 0.1) is 11.0 Å². The highest BCUT2D eigenvalue weighted by Gasteiger charge is 2.18. The number of hydrogen-bond donors (Lipinski definition) is 1. The van der Waals surface area contributed by atoms with Crippen LogP contribution in [0, 0.1) is 5.92 Å². The van der Waals surface area contributed by atoms with Crippen molar-refractivity contribution >= 4 is 16.7 Å². The number of benzene rings is 1. The average Bonchev–Trinajstić information content (AvgIpc) is 2.73. The summed E-state index contributed by atoms with van der Waals surface area (Å²) in [5.41, 5.74) is 3.12. The van der Waals surface area contributed by atoms with Crippen LogP contribution in [0.25, 0.3) is 11.0 Å². The zero-order valence-electron chi connectivity index (χ0n) is 12.9. The van der Waals surface area contributed by atoms with Gasteiger partial charge >= 0.3 is 0 Å². The van der Waals surface area contributed by atoms with E-state index in [1.54, 1.807) is 12.4 Å². The van der Waals surface area contributed by atoms with E-state index in [1.807, 2.05) is 0 Å². The van der Waals surface area contributed by atoms with Gasteiger partial charge in [0.25, 0.3) is 0 Å². The van der Waals surface area contributed by atoms with E-state index in [1.165, 1.54) is 50.6 Å². The second kappa shape index (κ2) is 6.88. The fourth-order valence-electron chi connectivity index (χ4n) is 3.51. The summed E-state index contributed by atoms with van der Waals surface area (Å²) in [5, 5.41) is 3.71. The van der Waals surface area contributed by atoms with Gasteiger partial charge in [0.2, 0.25) is 0 Å². The number of hydrogen-bond acceptors (Lipinski definition) is 3. The first-order valence-electron chi connectivity index (χ1n) is 8.32. The molecule has 1 fully saturated rings. The highest BCUT2D eigenvalue weighted by atomic mass is 14.9. The second-order valence-corrected chi connectivity index (χ2v) is 6.26. The van der Waals surface area contributed by atoms with Crippen molar-refractivity contribution < 1.29 is 0 Å². The summed E-state index contributed by atoms with van der Waals surface area (Å²) in [5.74, 6) is 0.948. The van der Waals surface area contributed by atoms with Gasteiger partial charge in [-0.25, -0.2) is 0 Å². The van der Waals surface area contributed by atoms with Crippen LogP contribution in [-0.2, 0) is 0 Å². The Hall–Kier alpha value is -1.64. The minimum atomic E-state index is 0.612. The van der Waals surface area contributed by atoms with Gasteiger partial charge in [0.1, 0.15) is 0 Å². The molecule has 0 spiro atoms. The van der Waals surface area contributed by atoms with Crippen LogP contribution in [0.4, 0.5) is 5.69 Å². The number of nitrogens with one attached hydrogen (secondary N) is 1. The molecule has 0 saturated heterocycles. The van der Waals surface area contributed by atoms with Crippen LogP contribution in [0.3, 0.4) is 0 Å². The topological polar surface area (TPSA) is 37.8 Å². The van der Waals surface area contributed by atoms with E-state index in [0.717, 1.165) is 17.0 Å². The normalized spacial score (nSPS) is 22.9. The van der Waals surface area contributed by atoms with Crippen LogP contribution in [0.15, 0.2) is 30.6 Å². The molecule has 1 aliphatic carbocycles. The van der Waals surface area contributed by atoms with E-state index >= 15 is 0 Å². The van der Waals surface area contributed by atoms with Gasteiger partial charge in [-0.3, -0.25) is 9.97 Å². The maximum atomic E-state index is 4.39. The molecule has 0 radical (unpaired) electrons. The highest BCUT2D eigenvalue weighted by molar-refractivity contribution is 5.78. The summed E-state index contributed by atoms with van der Waals surface area (Å²) in [6, 6.07) is 6.92. The Morgan fingerprint density at radius 2 is 1.90 bits per heavy atom. The van der Waals surface area contributed by atoms with Crippen LogP contribution in [0.2, 0.25) is 0 Å². The molecule has 2 aromatic rings. The maximum Gasteiger partial charge on any atom is 0.0907 e. The highest BCUT2D eigenvalue weighted by Crippen LogP contribution is 2.28. The van der Waals surface area contributed by atoms with E-state index in [2.05, 4.69) is 40.4 Å². The van der Waals surface area contributed by atoms with E-state index < -0.39 is 0 Å². The molecule has 1 N–H and O–H groups in total. The van der Waals surface area contributed by atoms with Crippen molar-refractivity contribution in [3.05, 3.63) is 30.6 Å². The second-order valence-electron chi connectivity index (χ2n) is 6.26. The Bertz CT molecular complexity index is 581. The molecule has 1 heterocycles. The average molecular weight is 283 g/mol. The molecule has 21 heavy (non-hydrogen) atoms. The third kappa shape index (κ3) is 3.72. The smallest absolute Gasteiger partial charge is 0.0907 e. The molecule has 112 valence electrons. The number of fused-ring (bicyclic) bond motifs is 1. The zero-order chi connectivity index (χ0) is 14.5. The van der Waals surface area contributed by atoms with Crippen LogP contribution in [0.5, 0.6) is 0 Å². The lowest BCUT2D eigenvalue weighted by Crippen LogP contribution is -2.18. The predicted molar refractivity (Wildman–Crippen MR) is 88.4 cm³/mol. The van der Waals surface area contributed by atoms with Crippen molar-refractivity contribution in [2.75, 3.05) is 5.32 Å². The third-order valence-corrected chi connectivity index (χ3v) is 4.63. The SMILES string of the molecule is CCCC1CCCC(Nc2ccc3nccnc3c2)CC1. The van der Waals surface area contributed by atoms with Gasteiger partial charge in [-0.2, -0.15) is 0 Å². The lowest BCUT2D eigenvalue weighted by molar-refractivity contribution is 0.422. The van der Waals surface area contributed by atoms with Crippen LogP contribution >= 0.6 is 0 Å². The molecule has 1 aromatic carbocycles. The van der Waals surface area contributed by atoms with Crippen molar-refractivity contribution in [3.8, 4) is 0 Å². The van der Waals surface area contributed by atoms with E-state index in [0.29, 0.717) is 6.04 Å². The Morgan fingerprint density at radius 1 is 1.05 bits per heavy atom. The number of rotatable bonds is 4. The molecule has 2 unspecified atom stereocenters. The van der Waals surface area contributed by atoms with Crippen molar-refractivity contribution in [3.63, 3.8) is 0 Å². The van der Waals surface area contributed by atoms with Gasteiger partial charge in [0, 0.05) is 24.1 Å². The van der Waals surface area contributed by atoms with Crippen molar-refractivity contribution in [2.24, 2.45) is 5.92 Å². The molecule has 0 amide bonds. The Labute approximate surface area is 127 Å². The van der Waals surface area contributed by atoms with Crippen molar-refractivity contribution in [1.29, 1.82) is 0 Å². The van der Waals surface area contributed by atoms with E-state index in [4.69, 9.17) is 0 Å². The van der Waals surface area contributed by atoms with E-state index in [9.17, 15) is 0 Å². The summed E-state index contributed by atoms with van der Waals surface area (Å²) in [6.45, 7) is 2.30. The lowest BCUT2D eigenvalue weighted by atomic mass is 9.95. The van der Waals surface area contributed by atoms with Gasteiger partial charge in [0.15, 0.2) is 0 Å². The van der Waals surface area contributed by atoms with E-state index in [-0.39, 0.29) is 0 Å². The molecular weight excluding hydrogens is 258 g/mol. The largest absolute Gasteiger partial charge is 0.382 e. The minimum Gasteiger partial charge on any atom is -0.382 e. The van der Waals surface area contributed by atoms with Crippen LogP contribution in [0.1, 0.15) is 51.9 Å². The lowest BCUT2D eigenvalue weighted by Gasteiger charge is -2.18. The number of aromatic nitrogens is 2. The van der Waals surface area contributed by atoms with Gasteiger partial charge < -0.3 is 5.32 Å². The Kier molecular flexibility index (Phi) is 4.69. The molecule has 0 bridgehead atoms. The number of anilines is 1. The first kappa shape index (κ1) is 14.3. The van der Waals surface area contributed by atoms with Crippen LogP contribution < -0.4 is 5.32 Å². The Morgan fingerprint density at radius 3 is 2.76 bits per heavy atom. The Balaban J connectivity index is 1.64.